The lowest BCUT2D eigenvalue weighted by Gasteiger charge is -2.23. The average Bonchev–Trinajstić information content (AvgIpc) is 3.91. The number of aliphatic carboxylic acids is 1. The van der Waals surface area contributed by atoms with Crippen LogP contribution in [0.15, 0.2) is 61.6 Å². The molecule has 0 unspecified atom stereocenters. The van der Waals surface area contributed by atoms with Crippen LogP contribution in [0.25, 0.3) is 14.5 Å². The number of nitrogens with two attached hydrogens (primary N) is 1. The minimum absolute atomic E-state index is 0.0143. The molecule has 0 aliphatic rings. The molecule has 0 bridgehead atoms. The second-order valence-corrected chi connectivity index (χ2v) is 18.9. The van der Waals surface area contributed by atoms with E-state index >= 15 is 0 Å². The molecule has 0 saturated carbocycles. The van der Waals surface area contributed by atoms with Crippen LogP contribution < -0.4 is 5.73 Å². The second-order valence-electron chi connectivity index (χ2n) is 14.9. The van der Waals surface area contributed by atoms with E-state index in [1.807, 2.05) is 0 Å². The van der Waals surface area contributed by atoms with Crippen LogP contribution in [0.3, 0.4) is 0 Å². The van der Waals surface area contributed by atoms with Gasteiger partial charge in [-0.05, 0) is 47.6 Å². The summed E-state index contributed by atoms with van der Waals surface area (Å²) < 4.78 is 138. The maximum Gasteiger partial charge on any atom is 0.409 e. The van der Waals surface area contributed by atoms with Gasteiger partial charge in [-0.1, -0.05) is 63.7 Å². The van der Waals surface area contributed by atoms with E-state index in [0.29, 0.717) is 6.07 Å². The molecule has 0 saturated heterocycles. The van der Waals surface area contributed by atoms with E-state index in [1.165, 1.54) is 20.0 Å². The number of hydrogen-bond donors (Lipinski definition) is 3. The number of aromatic nitrogens is 7. The summed E-state index contributed by atoms with van der Waals surface area (Å²) in [6.07, 6.45) is -7.06. The third kappa shape index (κ3) is 19.7. The number of carboxylic acids is 1. The van der Waals surface area contributed by atoms with Crippen molar-refractivity contribution in [1.29, 1.82) is 0 Å². The van der Waals surface area contributed by atoms with Gasteiger partial charge in [0.2, 0.25) is 0 Å². The molecular weight excluding hydrogens is 1080 g/mol. The molecule has 5 heterocycles. The third-order valence-corrected chi connectivity index (χ3v) is 8.92. The van der Waals surface area contributed by atoms with Gasteiger partial charge in [0.15, 0.2) is 23.2 Å². The van der Waals surface area contributed by atoms with Crippen molar-refractivity contribution in [2.75, 3.05) is 5.73 Å². The van der Waals surface area contributed by atoms with Crippen LogP contribution in [0.2, 0.25) is 0 Å². The van der Waals surface area contributed by atoms with E-state index in [4.69, 9.17) is 30.6 Å². The number of carbonyl (C=O) groups excluding carboxylic acids is 2. The van der Waals surface area contributed by atoms with Gasteiger partial charge in [-0.2, -0.15) is 49.7 Å². The number of pyridine rings is 3. The van der Waals surface area contributed by atoms with Crippen molar-refractivity contribution in [3.8, 4) is 0 Å². The number of aromatic amines is 1. The molecular formula is C41H36Br2F11N11O4. The van der Waals surface area contributed by atoms with E-state index < -0.39 is 84.4 Å². The van der Waals surface area contributed by atoms with Crippen LogP contribution in [0.1, 0.15) is 69.4 Å². The molecule has 69 heavy (non-hydrogen) atoms. The molecule has 4 N–H and O–H groups in total. The fraction of sp³-hybridized carbons (Fsp3) is 0.341. The summed E-state index contributed by atoms with van der Waals surface area (Å²) in [5, 5.41) is 17.5. The van der Waals surface area contributed by atoms with E-state index in [9.17, 15) is 62.7 Å². The number of halogens is 13. The second kappa shape index (κ2) is 24.4. The highest BCUT2D eigenvalue weighted by atomic mass is 79.9. The first-order valence-corrected chi connectivity index (χ1v) is 20.1. The molecule has 0 spiro atoms. The lowest BCUT2D eigenvalue weighted by molar-refractivity contribution is -0.139. The van der Waals surface area contributed by atoms with Gasteiger partial charge < -0.3 is 25.4 Å². The van der Waals surface area contributed by atoms with Gasteiger partial charge in [0.05, 0.1) is 51.5 Å². The zero-order valence-electron chi connectivity index (χ0n) is 36.4. The van der Waals surface area contributed by atoms with Crippen LogP contribution in [-0.4, -0.2) is 66.2 Å². The summed E-state index contributed by atoms with van der Waals surface area (Å²) in [6.45, 7) is 29.2. The summed E-state index contributed by atoms with van der Waals surface area (Å²) in [4.78, 5) is 52.4. The Balaban J connectivity index is 0.000000469. The van der Waals surface area contributed by atoms with Gasteiger partial charge in [-0.25, -0.2) is 8.78 Å². The molecule has 0 amide bonds. The van der Waals surface area contributed by atoms with Crippen molar-refractivity contribution in [2.45, 2.75) is 87.1 Å². The molecule has 5 aromatic heterocycles. The van der Waals surface area contributed by atoms with Gasteiger partial charge in [-0.15, -0.1) is 15.0 Å². The van der Waals surface area contributed by atoms with E-state index in [0.717, 1.165) is 54.0 Å². The zero-order valence-corrected chi connectivity index (χ0v) is 39.5. The van der Waals surface area contributed by atoms with Crippen molar-refractivity contribution >= 4 is 72.5 Å². The van der Waals surface area contributed by atoms with Gasteiger partial charge in [0, 0.05) is 24.0 Å². The fourth-order valence-corrected chi connectivity index (χ4v) is 4.47. The first-order valence-electron chi connectivity index (χ1n) is 18.5. The number of carbonyl (C=O) groups is 3. The molecule has 0 aliphatic carbocycles. The first-order chi connectivity index (χ1) is 31.4. The van der Waals surface area contributed by atoms with Crippen molar-refractivity contribution in [1.82, 2.24) is 34.9 Å². The predicted molar refractivity (Wildman–Crippen MR) is 232 cm³/mol. The fourth-order valence-electron chi connectivity index (χ4n) is 4.33. The Hall–Kier alpha value is -6.86. The molecule has 15 nitrogen and oxygen atoms in total. The number of rotatable bonds is 8. The number of nitrogens with zero attached hydrogens (tertiary/aromatic N) is 9. The van der Waals surface area contributed by atoms with Crippen LogP contribution >= 0.6 is 31.9 Å². The zero-order chi connectivity index (χ0) is 53.5. The SMILES string of the molecule is CC(C)(Br)C(=O)O.Fc1cn[nH]c1.[C-]#[N+]c1ncc(CC(=O)C(C)(C)Br)cc1C(F)(F)F.[C-]#[N+]c1ncc(CC(=O)C(C)(C)n2cc(F)cn2)cc1C(F)(F)F.[C-]#[N+]c1ncc(N)cc1C(F)(F)F. The summed E-state index contributed by atoms with van der Waals surface area (Å²) in [5.74, 6) is -4.69. The van der Waals surface area contributed by atoms with Crippen molar-refractivity contribution in [2.24, 2.45) is 0 Å². The number of alkyl halides is 11. The predicted octanol–water partition coefficient (Wildman–Crippen LogP) is 11.5. The molecule has 0 aliphatic heterocycles. The smallest absolute Gasteiger partial charge is 0.409 e. The lowest BCUT2D eigenvalue weighted by atomic mass is 9.94. The minimum atomic E-state index is -4.74. The highest BCUT2D eigenvalue weighted by molar-refractivity contribution is 9.10. The standard InChI is InChI=1S/C15H12F4N4O.C12H10BrF3N2O.C7H4F3N3.C4H7BrO2.C3H3FN2/c1-14(2,23-8-10(16)7-22-23)12(24)5-9-4-11(15(17,18)19)13(20-3)21-6-9;1-11(2,13)9(19)5-7-4-8(12(14,15)16)10(17-3)18-6-7;1-12-6-5(7(8,9)10)2-4(11)3-13-6;1-4(2,5)3(6)7;4-3-1-5-6-2-3/h4,6-8H,5H2,1-2H3;4,6H,5H2,1-2H3;2-3H,11H2;1-2H3,(H,6,7);1-2H,(H,5,6). The Labute approximate surface area is 402 Å². The largest absolute Gasteiger partial charge is 0.480 e. The number of nitrogens with one attached hydrogen (secondary N) is 1. The maximum absolute atomic E-state index is 13.1. The highest BCUT2D eigenvalue weighted by Gasteiger charge is 2.38. The Morgan fingerprint density at radius 1 is 0.652 bits per heavy atom. The quantitative estimate of drug-likeness (QED) is 0.0764. The maximum atomic E-state index is 13.1. The van der Waals surface area contributed by atoms with E-state index in [2.05, 4.69) is 76.6 Å². The Morgan fingerprint density at radius 3 is 1.33 bits per heavy atom. The molecule has 5 rings (SSSR count). The number of Topliss-reactive ketones (excluding diaryl/α,β-unsaturated/α-hetero) is 2. The lowest BCUT2D eigenvalue weighted by Crippen LogP contribution is -2.37. The van der Waals surface area contributed by atoms with E-state index in [-0.39, 0.29) is 41.3 Å². The number of H-pyrrole nitrogens is 1. The number of carboxylic acid groups (broad SMARTS) is 1. The average molecular weight is 1120 g/mol. The normalized spacial score (nSPS) is 11.5. The molecule has 0 fully saturated rings. The molecule has 0 aromatic carbocycles. The van der Waals surface area contributed by atoms with Crippen molar-refractivity contribution in [3.05, 3.63) is 135 Å². The van der Waals surface area contributed by atoms with Gasteiger partial charge in [-0.3, -0.25) is 24.2 Å². The number of hydrogen-bond acceptors (Lipinski definition) is 9. The topological polar surface area (TPSA) is 196 Å². The highest BCUT2D eigenvalue weighted by Crippen LogP contribution is 2.38. The summed E-state index contributed by atoms with van der Waals surface area (Å²) in [6, 6.07) is 2.23. The van der Waals surface area contributed by atoms with Crippen molar-refractivity contribution in [3.63, 3.8) is 0 Å². The summed E-state index contributed by atoms with van der Waals surface area (Å²) in [7, 11) is 0. The summed E-state index contributed by atoms with van der Waals surface area (Å²) in [5.41, 5.74) is 0.509. The number of ketones is 2. The van der Waals surface area contributed by atoms with E-state index in [1.54, 1.807) is 27.7 Å². The Kier molecular flexibility index (Phi) is 21.3. The number of nitrogen functional groups attached to an aromatic ring is 1. The van der Waals surface area contributed by atoms with Gasteiger partial charge >= 0.3 is 24.5 Å². The van der Waals surface area contributed by atoms with Gasteiger partial charge in [0.1, 0.15) is 28.5 Å². The van der Waals surface area contributed by atoms with Crippen LogP contribution in [0.4, 0.5) is 71.4 Å². The van der Waals surface area contributed by atoms with Crippen LogP contribution in [-0.2, 0) is 51.3 Å². The Morgan fingerprint density at radius 2 is 1.04 bits per heavy atom. The molecule has 370 valence electrons. The third-order valence-electron chi connectivity index (χ3n) is 8.14. The molecule has 28 heteroatoms. The van der Waals surface area contributed by atoms with Crippen molar-refractivity contribution < 1.29 is 67.8 Å². The van der Waals surface area contributed by atoms with Crippen LogP contribution in [0.5, 0.6) is 0 Å². The number of anilines is 1. The molecule has 0 radical (unpaired) electrons. The van der Waals surface area contributed by atoms with Gasteiger partial charge in [0.25, 0.3) is 17.5 Å². The minimum Gasteiger partial charge on any atom is -0.480 e. The summed E-state index contributed by atoms with van der Waals surface area (Å²) >= 11 is 6.09. The monoisotopic (exact) mass is 1110 g/mol. The first kappa shape index (κ1) is 60.2. The van der Waals surface area contributed by atoms with Crippen LogP contribution in [0, 0.1) is 31.4 Å². The molecule has 0 atom stereocenters. The molecule has 5 aromatic rings. The Bertz CT molecular complexity index is 2690.